The van der Waals surface area contributed by atoms with Gasteiger partial charge in [-0.15, -0.1) is 0 Å². The molecular formula is C52H91O3P. The summed E-state index contributed by atoms with van der Waals surface area (Å²) in [5.41, 5.74) is 8.00. The van der Waals surface area contributed by atoms with Crippen LogP contribution in [0.5, 0.6) is 5.75 Å². The van der Waals surface area contributed by atoms with Crippen molar-refractivity contribution in [2.45, 2.75) is 247 Å². The molecule has 1 atom stereocenters. The molecule has 3 nitrogen and oxygen atoms in total. The lowest BCUT2D eigenvalue weighted by molar-refractivity contribution is 0.197. The fourth-order valence-electron chi connectivity index (χ4n) is 8.02. The zero-order chi connectivity index (χ0) is 41.2. The van der Waals surface area contributed by atoms with E-state index in [1.165, 1.54) is 162 Å². The Morgan fingerprint density at radius 3 is 1.34 bits per heavy atom. The molecule has 0 radical (unpaired) electrons. The van der Waals surface area contributed by atoms with Crippen LogP contribution in [0.3, 0.4) is 0 Å². The number of unbranched alkanes of at least 4 members (excludes halogenated alkanes) is 20. The van der Waals surface area contributed by atoms with E-state index < -0.39 is 8.60 Å². The molecule has 2 rings (SSSR count). The first-order valence-corrected chi connectivity index (χ1v) is 24.9. The highest BCUT2D eigenvalue weighted by molar-refractivity contribution is 7.42. The molecule has 0 bridgehead atoms. The smallest absolute Gasteiger partial charge is 0.397 e. The molecule has 0 fully saturated rings. The third-order valence-electron chi connectivity index (χ3n) is 11.7. The first-order valence-electron chi connectivity index (χ1n) is 23.8. The van der Waals surface area contributed by atoms with Crippen molar-refractivity contribution in [1.29, 1.82) is 0 Å². The molecule has 0 saturated carbocycles. The quantitative estimate of drug-likeness (QED) is 0.0545. The lowest BCUT2D eigenvalue weighted by atomic mass is 9.76. The second kappa shape index (κ2) is 28.9. The third-order valence-corrected chi connectivity index (χ3v) is 12.8. The van der Waals surface area contributed by atoms with Gasteiger partial charge in [0, 0.05) is 17.0 Å². The highest BCUT2D eigenvalue weighted by Gasteiger charge is 2.31. The van der Waals surface area contributed by atoms with E-state index in [0.717, 1.165) is 31.4 Å². The van der Waals surface area contributed by atoms with Gasteiger partial charge in [0.05, 0.1) is 13.2 Å². The molecule has 1 unspecified atom stereocenters. The summed E-state index contributed by atoms with van der Waals surface area (Å²) in [7, 11) is -1.54. The van der Waals surface area contributed by atoms with E-state index in [2.05, 4.69) is 106 Å². The number of hydrogen-bond acceptors (Lipinski definition) is 3. The molecule has 0 aliphatic rings. The second-order valence-electron chi connectivity index (χ2n) is 19.1. The predicted molar refractivity (Wildman–Crippen MR) is 249 cm³/mol. The van der Waals surface area contributed by atoms with Crippen molar-refractivity contribution in [2.75, 3.05) is 13.2 Å². The van der Waals surface area contributed by atoms with Gasteiger partial charge in [-0.2, -0.15) is 0 Å². The van der Waals surface area contributed by atoms with Crippen LogP contribution in [0.4, 0.5) is 0 Å². The van der Waals surface area contributed by atoms with E-state index in [9.17, 15) is 0 Å². The zero-order valence-corrected chi connectivity index (χ0v) is 39.9. The van der Waals surface area contributed by atoms with Crippen LogP contribution < -0.4 is 4.52 Å². The Hall–Kier alpha value is -1.41. The summed E-state index contributed by atoms with van der Waals surface area (Å²) >= 11 is 0. The van der Waals surface area contributed by atoms with Crippen LogP contribution in [0.25, 0.3) is 0 Å². The fraction of sp³-hybridized carbons (Fsp3) is 0.769. The van der Waals surface area contributed by atoms with Crippen molar-refractivity contribution in [3.05, 3.63) is 63.7 Å². The van der Waals surface area contributed by atoms with Crippen LogP contribution in [0.15, 0.2) is 30.3 Å². The van der Waals surface area contributed by atoms with Crippen molar-refractivity contribution in [3.8, 4) is 5.75 Å². The number of benzene rings is 2. The molecule has 0 saturated heterocycles. The molecule has 0 spiro atoms. The Balaban J connectivity index is 2.24. The summed E-state index contributed by atoms with van der Waals surface area (Å²) in [5, 5.41) is 0. The molecule has 0 aliphatic heterocycles. The Kier molecular flexibility index (Phi) is 26.2. The van der Waals surface area contributed by atoms with Crippen molar-refractivity contribution < 1.29 is 13.6 Å². The maximum Gasteiger partial charge on any atom is 0.397 e. The minimum absolute atomic E-state index is 0.0827. The fourth-order valence-corrected chi connectivity index (χ4v) is 9.10. The van der Waals surface area contributed by atoms with E-state index >= 15 is 0 Å². The molecule has 56 heavy (non-hydrogen) atoms. The summed E-state index contributed by atoms with van der Waals surface area (Å²) in [6, 6.07) is 11.8. The highest BCUT2D eigenvalue weighted by atomic mass is 31.2. The molecule has 322 valence electrons. The monoisotopic (exact) mass is 795 g/mol. The van der Waals surface area contributed by atoms with Crippen LogP contribution in [-0.4, -0.2) is 13.2 Å². The van der Waals surface area contributed by atoms with Crippen LogP contribution in [0.1, 0.15) is 256 Å². The Bertz CT molecular complexity index is 1260. The summed E-state index contributed by atoms with van der Waals surface area (Å²) in [5.74, 6) is 1.23. The van der Waals surface area contributed by atoms with Crippen LogP contribution >= 0.6 is 8.60 Å². The minimum Gasteiger partial charge on any atom is -0.426 e. The van der Waals surface area contributed by atoms with Crippen molar-refractivity contribution in [1.82, 2.24) is 0 Å². The second-order valence-corrected chi connectivity index (χ2v) is 20.3. The number of rotatable bonds is 32. The topological polar surface area (TPSA) is 27.7 Å². The predicted octanol–water partition coefficient (Wildman–Crippen LogP) is 18.1. The summed E-state index contributed by atoms with van der Waals surface area (Å²) in [6.07, 6.45) is 31.4. The van der Waals surface area contributed by atoms with Crippen LogP contribution in [0, 0.1) is 13.8 Å². The molecular weight excluding hydrogens is 704 g/mol. The lowest BCUT2D eigenvalue weighted by Crippen LogP contribution is -2.18. The molecule has 0 aromatic heterocycles. The van der Waals surface area contributed by atoms with Crippen molar-refractivity contribution in [3.63, 3.8) is 0 Å². The van der Waals surface area contributed by atoms with E-state index in [1.54, 1.807) is 0 Å². The van der Waals surface area contributed by atoms with E-state index in [1.807, 2.05) is 0 Å². The van der Waals surface area contributed by atoms with Gasteiger partial charge < -0.3 is 13.6 Å². The van der Waals surface area contributed by atoms with Crippen LogP contribution in [0.2, 0.25) is 0 Å². The molecule has 0 amide bonds. The van der Waals surface area contributed by atoms with Gasteiger partial charge >= 0.3 is 8.60 Å². The largest absolute Gasteiger partial charge is 0.426 e. The summed E-state index contributed by atoms with van der Waals surface area (Å²) in [6.45, 7) is 26.8. The zero-order valence-electron chi connectivity index (χ0n) is 39.0. The van der Waals surface area contributed by atoms with Gasteiger partial charge in [0.15, 0.2) is 0 Å². The Morgan fingerprint density at radius 1 is 0.500 bits per heavy atom. The van der Waals surface area contributed by atoms with Gasteiger partial charge in [0.25, 0.3) is 0 Å². The van der Waals surface area contributed by atoms with E-state index in [-0.39, 0.29) is 16.7 Å². The highest BCUT2D eigenvalue weighted by Crippen LogP contribution is 2.50. The van der Waals surface area contributed by atoms with Gasteiger partial charge in [-0.25, -0.2) is 0 Å². The lowest BCUT2D eigenvalue weighted by Gasteiger charge is -2.32. The van der Waals surface area contributed by atoms with Gasteiger partial charge in [-0.3, -0.25) is 0 Å². The summed E-state index contributed by atoms with van der Waals surface area (Å²) in [4.78, 5) is 0. The normalized spacial score (nSPS) is 12.9. The van der Waals surface area contributed by atoms with Gasteiger partial charge in [-0.1, -0.05) is 227 Å². The van der Waals surface area contributed by atoms with Gasteiger partial charge in [-0.05, 0) is 66.2 Å². The first kappa shape index (κ1) is 50.7. The number of aryl methyl sites for hydroxylation is 2. The van der Waals surface area contributed by atoms with Crippen LogP contribution in [-0.2, 0) is 19.9 Å². The van der Waals surface area contributed by atoms with E-state index in [0.29, 0.717) is 13.2 Å². The molecule has 0 heterocycles. The Labute approximate surface area is 350 Å². The molecule has 0 aliphatic carbocycles. The maximum absolute atomic E-state index is 7.19. The Morgan fingerprint density at radius 2 is 0.929 bits per heavy atom. The standard InChI is InChI=1S/C52H91O3P/c1-12-15-17-19-21-23-25-27-29-31-33-40-53-56(54-41-34-32-30-28-26-24-22-20-18-16-13-2)55-50-48(52(9,10)11)39-37-44(5)49(50)46(35-14-3)47-42-45(51(6,7)8)38-36-43(47)4/h36-39,42,46H,12-35,40-41H2,1-11H3. The maximum atomic E-state index is 7.19. The van der Waals surface area contributed by atoms with E-state index in [4.69, 9.17) is 13.6 Å². The summed E-state index contributed by atoms with van der Waals surface area (Å²) < 4.78 is 20.5. The molecule has 0 N–H and O–H groups in total. The third kappa shape index (κ3) is 20.0. The van der Waals surface area contributed by atoms with Crippen molar-refractivity contribution in [2.24, 2.45) is 0 Å². The SMILES string of the molecule is CCCCCCCCCCCCCOP(OCCCCCCCCCCCCC)Oc1c(C(C)(C)C)ccc(C)c1C(CCC)c1cc(C(C)(C)C)ccc1C. The molecule has 2 aromatic carbocycles. The average Bonchev–Trinajstić information content (AvgIpc) is 3.14. The van der Waals surface area contributed by atoms with Gasteiger partial charge in [0.1, 0.15) is 5.75 Å². The van der Waals surface area contributed by atoms with Crippen molar-refractivity contribution >= 4 is 8.60 Å². The minimum atomic E-state index is -1.54. The number of hydrogen-bond donors (Lipinski definition) is 0. The first-order chi connectivity index (χ1) is 26.8. The van der Waals surface area contributed by atoms with Gasteiger partial charge in [0.2, 0.25) is 0 Å². The average molecular weight is 795 g/mol. The molecule has 4 heteroatoms. The molecule has 2 aromatic rings.